The van der Waals surface area contributed by atoms with E-state index in [2.05, 4.69) is 15.6 Å². The third-order valence-corrected chi connectivity index (χ3v) is 9.07. The average molecular weight is 514 g/mol. The lowest BCUT2D eigenvalue weighted by Gasteiger charge is -2.26. The fourth-order valence-electron chi connectivity index (χ4n) is 5.01. The molecule has 0 spiro atoms. The van der Waals surface area contributed by atoms with Gasteiger partial charge in [-0.15, -0.1) is 0 Å². The number of anilines is 3. The van der Waals surface area contributed by atoms with Crippen LogP contribution in [0, 0.1) is 0 Å². The van der Waals surface area contributed by atoms with E-state index in [4.69, 9.17) is 9.97 Å². The van der Waals surface area contributed by atoms with Gasteiger partial charge in [-0.05, 0) is 69.7 Å². The van der Waals surface area contributed by atoms with Crippen molar-refractivity contribution < 1.29 is 13.5 Å². The molecule has 3 N–H and O–H groups in total. The van der Waals surface area contributed by atoms with Crippen LogP contribution in [0.5, 0.6) is 0 Å². The van der Waals surface area contributed by atoms with Crippen LogP contribution < -0.4 is 10.6 Å². The number of aryl methyl sites for hydroxylation is 1. The number of aliphatic hydroxyl groups is 1. The van der Waals surface area contributed by atoms with Crippen LogP contribution in [0.15, 0.2) is 35.5 Å². The Labute approximate surface area is 212 Å². The second kappa shape index (κ2) is 10.7. The van der Waals surface area contributed by atoms with Crippen LogP contribution in [0.2, 0.25) is 0 Å². The van der Waals surface area contributed by atoms with E-state index < -0.39 is 10.0 Å². The molecule has 3 aromatic rings. The Kier molecular flexibility index (Phi) is 7.40. The van der Waals surface area contributed by atoms with Crippen molar-refractivity contribution in [1.82, 2.24) is 23.8 Å². The van der Waals surface area contributed by atoms with Gasteiger partial charge in [-0.25, -0.2) is 13.4 Å². The third kappa shape index (κ3) is 5.33. The molecule has 0 amide bonds. The zero-order valence-corrected chi connectivity index (χ0v) is 21.5. The normalized spacial score (nSPS) is 21.8. The zero-order valence-electron chi connectivity index (χ0n) is 20.7. The molecule has 11 heteroatoms. The Hall–Kier alpha value is -2.76. The van der Waals surface area contributed by atoms with E-state index >= 15 is 0 Å². The van der Waals surface area contributed by atoms with E-state index in [-0.39, 0.29) is 12.1 Å². The molecule has 10 nitrogen and oxygen atoms in total. The van der Waals surface area contributed by atoms with Gasteiger partial charge in [0.1, 0.15) is 0 Å². The lowest BCUT2D eigenvalue weighted by molar-refractivity contribution is 0.126. The first kappa shape index (κ1) is 24.9. The molecule has 0 unspecified atom stereocenters. The molecule has 1 aliphatic carbocycles. The smallest absolute Gasteiger partial charge is 0.243 e. The molecule has 5 rings (SSSR count). The molecular formula is C25H35N7O3S. The fraction of sp³-hybridized carbons (Fsp3) is 0.560. The standard InChI is InChI=1S/C25H35N7O3S/c1-2-31-17-26-22-23(29-25(30-24(22)31)28-19-7-11-20(33)12-8-19)27-18-9-13-21(14-10-18)36(34,35)32-15-5-3-4-6-16-32/h9-10,13-14,17,19-20,33H,2-8,11-12,15-16H2,1H3,(H2,27,28,29,30)/t19-,20-. The second-order valence-electron chi connectivity index (χ2n) is 9.72. The first-order valence-corrected chi connectivity index (χ1v) is 14.4. The Morgan fingerprint density at radius 1 is 1.00 bits per heavy atom. The summed E-state index contributed by atoms with van der Waals surface area (Å²) in [4.78, 5) is 14.3. The Balaban J connectivity index is 1.38. The number of nitrogens with zero attached hydrogens (tertiary/aromatic N) is 5. The highest BCUT2D eigenvalue weighted by molar-refractivity contribution is 7.89. The van der Waals surface area contributed by atoms with Crippen molar-refractivity contribution in [2.75, 3.05) is 23.7 Å². The summed E-state index contributed by atoms with van der Waals surface area (Å²) < 4.78 is 29.8. The average Bonchev–Trinajstić information content (AvgIpc) is 3.09. The number of nitrogens with one attached hydrogen (secondary N) is 2. The van der Waals surface area contributed by atoms with Gasteiger partial charge in [-0.3, -0.25) is 0 Å². The van der Waals surface area contributed by atoms with Gasteiger partial charge in [-0.2, -0.15) is 14.3 Å². The molecule has 2 aromatic heterocycles. The van der Waals surface area contributed by atoms with E-state index in [1.165, 1.54) is 0 Å². The van der Waals surface area contributed by atoms with Crippen molar-refractivity contribution in [2.45, 2.75) is 81.9 Å². The first-order chi connectivity index (χ1) is 17.4. The van der Waals surface area contributed by atoms with Gasteiger partial charge >= 0.3 is 0 Å². The van der Waals surface area contributed by atoms with Gasteiger partial charge in [0, 0.05) is 31.4 Å². The molecule has 2 fully saturated rings. The Bertz CT molecular complexity index is 1280. The van der Waals surface area contributed by atoms with Crippen LogP contribution in [-0.4, -0.2) is 62.6 Å². The van der Waals surface area contributed by atoms with Crippen molar-refractivity contribution in [2.24, 2.45) is 0 Å². The minimum Gasteiger partial charge on any atom is -0.393 e. The summed E-state index contributed by atoms with van der Waals surface area (Å²) in [5.41, 5.74) is 2.11. The topological polar surface area (TPSA) is 125 Å². The molecule has 3 heterocycles. The van der Waals surface area contributed by atoms with Crippen LogP contribution in [0.1, 0.15) is 58.3 Å². The van der Waals surface area contributed by atoms with E-state index in [1.54, 1.807) is 34.9 Å². The van der Waals surface area contributed by atoms with Crippen LogP contribution in [-0.2, 0) is 16.6 Å². The summed E-state index contributed by atoms with van der Waals surface area (Å²) in [6, 6.07) is 7.05. The molecule has 194 valence electrons. The highest BCUT2D eigenvalue weighted by atomic mass is 32.2. The summed E-state index contributed by atoms with van der Waals surface area (Å²) >= 11 is 0. The number of imidazole rings is 1. The van der Waals surface area contributed by atoms with Crippen LogP contribution >= 0.6 is 0 Å². The highest BCUT2D eigenvalue weighted by Gasteiger charge is 2.25. The molecular weight excluding hydrogens is 478 g/mol. The Morgan fingerprint density at radius 2 is 1.69 bits per heavy atom. The molecule has 1 aliphatic heterocycles. The maximum atomic E-state index is 13.1. The molecule has 0 atom stereocenters. The predicted molar refractivity (Wildman–Crippen MR) is 140 cm³/mol. The van der Waals surface area contributed by atoms with Crippen LogP contribution in [0.4, 0.5) is 17.5 Å². The quantitative estimate of drug-likeness (QED) is 0.435. The molecule has 1 aromatic carbocycles. The molecule has 2 aliphatic rings. The molecule has 1 saturated heterocycles. The number of sulfonamides is 1. The molecule has 1 saturated carbocycles. The maximum Gasteiger partial charge on any atom is 0.243 e. The number of fused-ring (bicyclic) bond motifs is 1. The third-order valence-electron chi connectivity index (χ3n) is 7.15. The van der Waals surface area contributed by atoms with Crippen LogP contribution in [0.3, 0.4) is 0 Å². The molecule has 0 bridgehead atoms. The summed E-state index contributed by atoms with van der Waals surface area (Å²) in [5.74, 6) is 1.08. The lowest BCUT2D eigenvalue weighted by atomic mass is 9.93. The summed E-state index contributed by atoms with van der Waals surface area (Å²) in [7, 11) is -3.50. The van der Waals surface area contributed by atoms with Gasteiger partial charge in [0.05, 0.1) is 17.3 Å². The minimum absolute atomic E-state index is 0.208. The maximum absolute atomic E-state index is 13.1. The lowest BCUT2D eigenvalue weighted by Crippen LogP contribution is -2.31. The van der Waals surface area contributed by atoms with Gasteiger partial charge in [0.15, 0.2) is 17.0 Å². The largest absolute Gasteiger partial charge is 0.393 e. The van der Waals surface area contributed by atoms with Gasteiger partial charge in [0.2, 0.25) is 16.0 Å². The SMILES string of the molecule is CCn1cnc2c(Nc3ccc(S(=O)(=O)N4CCCCCC4)cc3)nc(N[C@H]3CC[C@H](O)CC3)nc21. The minimum atomic E-state index is -3.50. The fourth-order valence-corrected chi connectivity index (χ4v) is 6.53. The predicted octanol–water partition coefficient (Wildman–Crippen LogP) is 3.87. The van der Waals surface area contributed by atoms with Crippen molar-refractivity contribution in [3.8, 4) is 0 Å². The number of hydrogen-bond donors (Lipinski definition) is 3. The highest BCUT2D eigenvalue weighted by Crippen LogP contribution is 2.28. The second-order valence-corrected chi connectivity index (χ2v) is 11.7. The monoisotopic (exact) mass is 513 g/mol. The van der Waals surface area contributed by atoms with Crippen LogP contribution in [0.25, 0.3) is 11.2 Å². The number of aliphatic hydroxyl groups excluding tert-OH is 1. The zero-order chi connectivity index (χ0) is 25.1. The number of hydrogen-bond acceptors (Lipinski definition) is 8. The van der Waals surface area contributed by atoms with Crippen molar-refractivity contribution >= 4 is 38.6 Å². The van der Waals surface area contributed by atoms with Crippen molar-refractivity contribution in [1.29, 1.82) is 0 Å². The van der Waals surface area contributed by atoms with Gasteiger partial charge < -0.3 is 20.3 Å². The van der Waals surface area contributed by atoms with E-state index in [0.29, 0.717) is 35.3 Å². The first-order valence-electron chi connectivity index (χ1n) is 13.0. The van der Waals surface area contributed by atoms with Crippen molar-refractivity contribution in [3.05, 3.63) is 30.6 Å². The van der Waals surface area contributed by atoms with E-state index in [1.807, 2.05) is 11.5 Å². The Morgan fingerprint density at radius 3 is 2.36 bits per heavy atom. The molecule has 0 radical (unpaired) electrons. The number of rotatable bonds is 7. The van der Waals surface area contributed by atoms with Gasteiger partial charge in [-0.1, -0.05) is 12.8 Å². The van der Waals surface area contributed by atoms with Gasteiger partial charge in [0.25, 0.3) is 0 Å². The van der Waals surface area contributed by atoms with Crippen molar-refractivity contribution in [3.63, 3.8) is 0 Å². The summed E-state index contributed by atoms with van der Waals surface area (Å²) in [5, 5.41) is 16.6. The molecule has 36 heavy (non-hydrogen) atoms. The summed E-state index contributed by atoms with van der Waals surface area (Å²) in [6.45, 7) is 3.93. The summed E-state index contributed by atoms with van der Waals surface area (Å²) in [6.07, 6.45) is 8.77. The van der Waals surface area contributed by atoms with E-state index in [9.17, 15) is 13.5 Å². The number of aromatic nitrogens is 4. The number of benzene rings is 1. The van der Waals surface area contributed by atoms with E-state index in [0.717, 1.165) is 69.2 Å².